The van der Waals surface area contributed by atoms with Gasteiger partial charge in [0, 0.05) is 18.3 Å². The summed E-state index contributed by atoms with van der Waals surface area (Å²) >= 11 is 0. The first kappa shape index (κ1) is 15.3. The molecule has 0 saturated heterocycles. The minimum atomic E-state index is -0.445. The van der Waals surface area contributed by atoms with Crippen molar-refractivity contribution in [3.63, 3.8) is 0 Å². The quantitative estimate of drug-likeness (QED) is 0.772. The molecule has 0 bridgehead atoms. The Hall–Kier alpha value is -2.57. The lowest BCUT2D eigenvalue weighted by Gasteiger charge is -2.31. The molecule has 0 aromatic heterocycles. The zero-order valence-electron chi connectivity index (χ0n) is 12.7. The highest BCUT2D eigenvalue weighted by Crippen LogP contribution is 2.28. The molecule has 2 amide bonds. The largest absolute Gasteiger partial charge is 0.364 e. The zero-order chi connectivity index (χ0) is 16.2. The van der Waals surface area contributed by atoms with Crippen LogP contribution in [0.25, 0.3) is 0 Å². The van der Waals surface area contributed by atoms with Crippen LogP contribution in [-0.4, -0.2) is 30.1 Å². The van der Waals surface area contributed by atoms with Gasteiger partial charge in [0.05, 0.1) is 0 Å². The maximum absolute atomic E-state index is 11.8. The van der Waals surface area contributed by atoms with E-state index in [-0.39, 0.29) is 23.9 Å². The van der Waals surface area contributed by atoms with E-state index in [0.29, 0.717) is 11.5 Å². The average molecular weight is 313 g/mol. The predicted octanol–water partition coefficient (Wildman–Crippen LogP) is 1.61. The zero-order valence-corrected chi connectivity index (χ0v) is 12.7. The molecule has 2 aliphatic heterocycles. The van der Waals surface area contributed by atoms with Crippen LogP contribution in [0.2, 0.25) is 0 Å². The molecule has 3 atom stereocenters. The van der Waals surface area contributed by atoms with Crippen LogP contribution in [0.5, 0.6) is 0 Å². The second kappa shape index (κ2) is 6.68. The van der Waals surface area contributed by atoms with Gasteiger partial charge in [0.15, 0.2) is 5.82 Å². The van der Waals surface area contributed by atoms with Gasteiger partial charge in [-0.05, 0) is 37.8 Å². The molecular formula is C16H19N5O2. The molecule has 23 heavy (non-hydrogen) atoms. The molecule has 3 unspecified atom stereocenters. The number of rotatable bonds is 4. The number of dihydropyridines is 1. The van der Waals surface area contributed by atoms with Crippen LogP contribution < -0.4 is 10.6 Å². The first-order valence-corrected chi connectivity index (χ1v) is 7.77. The fraction of sp³-hybridized carbons (Fsp3) is 0.438. The number of azo groups is 1. The van der Waals surface area contributed by atoms with E-state index in [1.807, 2.05) is 0 Å². The van der Waals surface area contributed by atoms with E-state index < -0.39 is 5.92 Å². The number of amides is 2. The topological polar surface area (TPSA) is 95.3 Å². The molecule has 1 aliphatic carbocycles. The van der Waals surface area contributed by atoms with Gasteiger partial charge in [-0.1, -0.05) is 12.7 Å². The third-order valence-corrected chi connectivity index (χ3v) is 4.20. The summed E-state index contributed by atoms with van der Waals surface area (Å²) in [5.74, 6) is -0.336. The molecule has 2 N–H and O–H groups in total. The van der Waals surface area contributed by atoms with Crippen LogP contribution in [0, 0.1) is 5.92 Å². The molecule has 7 heteroatoms. The van der Waals surface area contributed by atoms with Gasteiger partial charge >= 0.3 is 0 Å². The third-order valence-electron chi connectivity index (χ3n) is 4.20. The van der Waals surface area contributed by atoms with Gasteiger partial charge in [0.1, 0.15) is 11.6 Å². The van der Waals surface area contributed by atoms with Gasteiger partial charge < -0.3 is 10.6 Å². The molecule has 3 rings (SSSR count). The Morgan fingerprint density at radius 1 is 1.30 bits per heavy atom. The number of hydrogen-bond acceptors (Lipinski definition) is 5. The maximum atomic E-state index is 11.8. The molecule has 0 aromatic carbocycles. The molecule has 2 heterocycles. The summed E-state index contributed by atoms with van der Waals surface area (Å²) in [4.78, 5) is 27.5. The Morgan fingerprint density at radius 3 is 2.96 bits per heavy atom. The summed E-state index contributed by atoms with van der Waals surface area (Å²) in [5, 5.41) is 14.0. The van der Waals surface area contributed by atoms with Crippen molar-refractivity contribution < 1.29 is 9.59 Å². The summed E-state index contributed by atoms with van der Waals surface area (Å²) < 4.78 is 0. The van der Waals surface area contributed by atoms with Crippen LogP contribution in [0.4, 0.5) is 0 Å². The van der Waals surface area contributed by atoms with Gasteiger partial charge in [-0.15, -0.1) is 10.2 Å². The van der Waals surface area contributed by atoms with Crippen LogP contribution in [-0.2, 0) is 9.59 Å². The van der Waals surface area contributed by atoms with Crippen LogP contribution >= 0.6 is 0 Å². The van der Waals surface area contributed by atoms with E-state index >= 15 is 0 Å². The molecule has 1 saturated carbocycles. The highest BCUT2D eigenvalue weighted by molar-refractivity contribution is 5.88. The summed E-state index contributed by atoms with van der Waals surface area (Å²) in [6.07, 6.45) is 10.2. The molecular weight excluding hydrogens is 294 g/mol. The summed E-state index contributed by atoms with van der Waals surface area (Å²) in [6, 6.07) is 0.278. The van der Waals surface area contributed by atoms with Crippen molar-refractivity contribution in [2.45, 2.75) is 37.8 Å². The van der Waals surface area contributed by atoms with Crippen molar-refractivity contribution >= 4 is 18.0 Å². The number of hydrogen-bond donors (Lipinski definition) is 2. The fourth-order valence-corrected chi connectivity index (χ4v) is 3.08. The third kappa shape index (κ3) is 3.44. The fourth-order valence-electron chi connectivity index (χ4n) is 3.08. The monoisotopic (exact) mass is 313 g/mol. The second-order valence-corrected chi connectivity index (χ2v) is 5.83. The van der Waals surface area contributed by atoms with Crippen LogP contribution in [0.1, 0.15) is 25.7 Å². The number of nitrogens with zero attached hydrogens (tertiary/aromatic N) is 3. The van der Waals surface area contributed by atoms with E-state index in [1.165, 1.54) is 6.08 Å². The van der Waals surface area contributed by atoms with Crippen LogP contribution in [0.3, 0.4) is 0 Å². The van der Waals surface area contributed by atoms with Gasteiger partial charge in [-0.25, -0.2) is 0 Å². The molecule has 3 aliphatic rings. The highest BCUT2D eigenvalue weighted by Gasteiger charge is 2.31. The summed E-state index contributed by atoms with van der Waals surface area (Å²) in [7, 11) is 0. The highest BCUT2D eigenvalue weighted by atomic mass is 16.2. The van der Waals surface area contributed by atoms with Gasteiger partial charge in [-0.3, -0.25) is 14.6 Å². The van der Waals surface area contributed by atoms with E-state index in [9.17, 15) is 9.59 Å². The Morgan fingerprint density at radius 2 is 2.13 bits per heavy atom. The molecule has 1 fully saturated rings. The Balaban J connectivity index is 1.69. The van der Waals surface area contributed by atoms with Crippen LogP contribution in [0.15, 0.2) is 51.5 Å². The summed E-state index contributed by atoms with van der Waals surface area (Å²) in [6.45, 7) is 3.47. The first-order valence-electron chi connectivity index (χ1n) is 7.77. The van der Waals surface area contributed by atoms with Crippen molar-refractivity contribution in [1.82, 2.24) is 10.6 Å². The number of carbonyl (C=O) groups is 2. The predicted molar refractivity (Wildman–Crippen MR) is 85.5 cm³/mol. The van der Waals surface area contributed by atoms with Crippen molar-refractivity contribution in [2.24, 2.45) is 21.1 Å². The minimum absolute atomic E-state index is 0.116. The molecule has 0 aromatic rings. The standard InChI is InChI=1S/C16H19N5O2/c1-2-13(22)18-10-5-3-6-11(9-10)19-15-14-12(7-4-8-17-14)16(23)21-20-15/h2,4,7-8,10-12,19H,1,3,5-6,9H2,(H,18,22). The van der Waals surface area contributed by atoms with Gasteiger partial charge in [-0.2, -0.15) is 0 Å². The lowest BCUT2D eigenvalue weighted by atomic mass is 9.90. The summed E-state index contributed by atoms with van der Waals surface area (Å²) in [5.41, 5.74) is 0.616. The van der Waals surface area contributed by atoms with Gasteiger partial charge in [0.2, 0.25) is 5.91 Å². The molecule has 0 radical (unpaired) electrons. The second-order valence-electron chi connectivity index (χ2n) is 5.83. The van der Waals surface area contributed by atoms with E-state index in [1.54, 1.807) is 18.4 Å². The van der Waals surface area contributed by atoms with Crippen molar-refractivity contribution in [3.8, 4) is 0 Å². The minimum Gasteiger partial charge on any atom is -0.364 e. The molecule has 0 spiro atoms. The average Bonchev–Trinajstić information content (AvgIpc) is 2.58. The first-order chi connectivity index (χ1) is 11.2. The number of fused-ring (bicyclic) bond motifs is 1. The van der Waals surface area contributed by atoms with Crippen molar-refractivity contribution in [2.75, 3.05) is 0 Å². The maximum Gasteiger partial charge on any atom is 0.277 e. The van der Waals surface area contributed by atoms with Crippen molar-refractivity contribution in [1.29, 1.82) is 0 Å². The van der Waals surface area contributed by atoms with E-state index in [2.05, 4.69) is 32.4 Å². The normalized spacial score (nSPS) is 29.2. The molecule has 120 valence electrons. The van der Waals surface area contributed by atoms with E-state index in [4.69, 9.17) is 0 Å². The van der Waals surface area contributed by atoms with Crippen molar-refractivity contribution in [3.05, 3.63) is 36.3 Å². The smallest absolute Gasteiger partial charge is 0.277 e. The Labute approximate surface area is 134 Å². The number of aliphatic imine (C=N–C) groups is 1. The number of carbonyl (C=O) groups excluding carboxylic acids is 2. The van der Waals surface area contributed by atoms with E-state index in [0.717, 1.165) is 25.7 Å². The van der Waals surface area contributed by atoms with Gasteiger partial charge in [0.25, 0.3) is 5.91 Å². The lowest BCUT2D eigenvalue weighted by Crippen LogP contribution is -2.43. The molecule has 7 nitrogen and oxygen atoms in total. The Kier molecular flexibility index (Phi) is 4.45. The Bertz CT molecular complexity index is 647. The number of allylic oxidation sites excluding steroid dienone is 1. The number of nitrogens with one attached hydrogen (secondary N) is 2. The SMILES string of the molecule is C=CC(=O)NC1CCCC(NC2=C3N=CC=CC3C(=O)N=N2)C1. The lowest BCUT2D eigenvalue weighted by molar-refractivity contribution is -0.120.